The van der Waals surface area contributed by atoms with Crippen molar-refractivity contribution in [1.82, 2.24) is 10.3 Å². The minimum atomic E-state index is -0.256. The van der Waals surface area contributed by atoms with E-state index in [4.69, 9.17) is 20.3 Å². The Hall–Kier alpha value is -2.68. The van der Waals surface area contributed by atoms with Crippen LogP contribution in [0.25, 0.3) is 11.1 Å². The van der Waals surface area contributed by atoms with Crippen molar-refractivity contribution < 1.29 is 19.4 Å². The van der Waals surface area contributed by atoms with Crippen molar-refractivity contribution in [2.24, 2.45) is 5.41 Å². The third-order valence-corrected chi connectivity index (χ3v) is 6.51. The molecule has 8 nitrogen and oxygen atoms in total. The van der Waals surface area contributed by atoms with Gasteiger partial charge in [0.15, 0.2) is 0 Å². The van der Waals surface area contributed by atoms with Crippen LogP contribution in [0.2, 0.25) is 0 Å². The minimum absolute atomic E-state index is 0.00537. The highest BCUT2D eigenvalue weighted by Gasteiger charge is 2.48. The first-order chi connectivity index (χ1) is 15.0. The molecule has 31 heavy (non-hydrogen) atoms. The summed E-state index contributed by atoms with van der Waals surface area (Å²) in [6.45, 7) is 4.23. The van der Waals surface area contributed by atoms with Crippen molar-refractivity contribution in [2.75, 3.05) is 50.2 Å². The molecule has 5 rings (SSSR count). The number of benzene rings is 1. The monoisotopic (exact) mass is 424 g/mol. The molecule has 1 aromatic heterocycles. The van der Waals surface area contributed by atoms with E-state index >= 15 is 0 Å². The van der Waals surface area contributed by atoms with Gasteiger partial charge in [-0.05, 0) is 36.6 Å². The maximum absolute atomic E-state index is 12.8. The number of rotatable bonds is 5. The van der Waals surface area contributed by atoms with Crippen molar-refractivity contribution in [1.29, 1.82) is 0 Å². The lowest BCUT2D eigenvalue weighted by Crippen LogP contribution is -2.66. The number of amides is 1. The van der Waals surface area contributed by atoms with Crippen LogP contribution in [-0.4, -0.2) is 67.7 Å². The topological polar surface area (TPSA) is 110 Å². The summed E-state index contributed by atoms with van der Waals surface area (Å²) in [7, 11) is 0. The van der Waals surface area contributed by atoms with Crippen LogP contribution in [0.4, 0.5) is 11.5 Å². The Morgan fingerprint density at radius 1 is 1.23 bits per heavy atom. The molecule has 164 valence electrons. The lowest BCUT2D eigenvalue weighted by Gasteiger charge is -2.56. The molecule has 0 radical (unpaired) electrons. The Labute approximate surface area is 181 Å². The molecule has 3 fully saturated rings. The number of nitrogen functional groups attached to an aromatic ring is 1. The average Bonchev–Trinajstić information content (AvgIpc) is 2.73. The summed E-state index contributed by atoms with van der Waals surface area (Å²) in [4.78, 5) is 19.4. The molecule has 0 aliphatic carbocycles. The van der Waals surface area contributed by atoms with E-state index in [1.807, 2.05) is 0 Å². The van der Waals surface area contributed by atoms with Crippen LogP contribution in [0.3, 0.4) is 0 Å². The summed E-state index contributed by atoms with van der Waals surface area (Å²) in [5, 5.41) is 12.1. The molecule has 1 aromatic carbocycles. The number of nitrogens with two attached hydrogens (primary N) is 1. The van der Waals surface area contributed by atoms with Gasteiger partial charge in [-0.25, -0.2) is 4.98 Å². The van der Waals surface area contributed by atoms with Gasteiger partial charge < -0.3 is 30.5 Å². The smallest absolute Gasteiger partial charge is 0.255 e. The molecule has 3 aliphatic rings. The maximum atomic E-state index is 12.8. The molecule has 0 bridgehead atoms. The quantitative estimate of drug-likeness (QED) is 0.666. The van der Waals surface area contributed by atoms with Gasteiger partial charge in [0.2, 0.25) is 0 Å². The third-order valence-electron chi connectivity index (χ3n) is 6.51. The maximum Gasteiger partial charge on any atom is 0.255 e. The Bertz CT molecular complexity index is 945. The van der Waals surface area contributed by atoms with Crippen molar-refractivity contribution >= 4 is 17.4 Å². The number of hydrogen-bond acceptors (Lipinski definition) is 7. The first-order valence-corrected chi connectivity index (χ1v) is 10.8. The number of aromatic nitrogens is 1. The molecule has 8 heteroatoms. The number of nitrogens with zero attached hydrogens (tertiary/aromatic N) is 2. The van der Waals surface area contributed by atoms with Gasteiger partial charge in [0.05, 0.1) is 49.6 Å². The van der Waals surface area contributed by atoms with Gasteiger partial charge in [-0.3, -0.25) is 4.79 Å². The molecule has 3 aliphatic heterocycles. The largest absolute Gasteiger partial charge is 0.394 e. The van der Waals surface area contributed by atoms with Gasteiger partial charge in [-0.1, -0.05) is 12.1 Å². The fourth-order valence-corrected chi connectivity index (χ4v) is 4.53. The average molecular weight is 425 g/mol. The molecule has 4 N–H and O–H groups in total. The van der Waals surface area contributed by atoms with Gasteiger partial charge in [0.1, 0.15) is 5.82 Å². The van der Waals surface area contributed by atoms with Gasteiger partial charge in [0.25, 0.3) is 5.91 Å². The number of anilines is 2. The first-order valence-electron chi connectivity index (χ1n) is 10.8. The van der Waals surface area contributed by atoms with Crippen molar-refractivity contribution in [3.63, 3.8) is 0 Å². The molecule has 4 heterocycles. The zero-order valence-electron chi connectivity index (χ0n) is 17.4. The van der Waals surface area contributed by atoms with E-state index < -0.39 is 0 Å². The van der Waals surface area contributed by atoms with Crippen LogP contribution in [-0.2, 0) is 9.47 Å². The molecule has 1 amide bonds. The predicted molar refractivity (Wildman–Crippen MR) is 117 cm³/mol. The Balaban J connectivity index is 1.25. The molecule has 2 aromatic rings. The van der Waals surface area contributed by atoms with E-state index in [0.717, 1.165) is 43.9 Å². The van der Waals surface area contributed by atoms with Crippen molar-refractivity contribution in [3.8, 4) is 11.1 Å². The number of carbonyl (C=O) groups is 1. The second-order valence-electron chi connectivity index (χ2n) is 8.94. The van der Waals surface area contributed by atoms with Crippen LogP contribution in [0, 0.1) is 5.41 Å². The van der Waals surface area contributed by atoms with Crippen LogP contribution >= 0.6 is 0 Å². The number of ether oxygens (including phenoxy) is 2. The summed E-state index contributed by atoms with van der Waals surface area (Å²) in [5.41, 5.74) is 9.77. The predicted octanol–water partition coefficient (Wildman–Crippen LogP) is 1.44. The highest BCUT2D eigenvalue weighted by molar-refractivity contribution is 5.99. The zero-order chi connectivity index (χ0) is 21.4. The summed E-state index contributed by atoms with van der Waals surface area (Å²) < 4.78 is 10.9. The molecular weight excluding hydrogens is 396 g/mol. The molecular formula is C23H28N4O4. The number of hydrogen-bond donors (Lipinski definition) is 3. The molecule has 1 spiro atoms. The lowest BCUT2D eigenvalue weighted by molar-refractivity contribution is -0.127. The van der Waals surface area contributed by atoms with E-state index in [0.29, 0.717) is 24.0 Å². The fourth-order valence-electron chi connectivity index (χ4n) is 4.53. The number of pyridine rings is 1. The van der Waals surface area contributed by atoms with Crippen LogP contribution in [0.1, 0.15) is 23.2 Å². The Morgan fingerprint density at radius 3 is 2.61 bits per heavy atom. The molecule has 2 atom stereocenters. The van der Waals surface area contributed by atoms with E-state index in [2.05, 4.69) is 39.5 Å². The van der Waals surface area contributed by atoms with Gasteiger partial charge in [-0.15, -0.1) is 0 Å². The zero-order valence-corrected chi connectivity index (χ0v) is 17.4. The highest BCUT2D eigenvalue weighted by atomic mass is 16.5. The Morgan fingerprint density at radius 2 is 2.00 bits per heavy atom. The van der Waals surface area contributed by atoms with E-state index in [1.165, 1.54) is 5.69 Å². The highest BCUT2D eigenvalue weighted by Crippen LogP contribution is 2.40. The third kappa shape index (κ3) is 3.98. The summed E-state index contributed by atoms with van der Waals surface area (Å²) >= 11 is 0. The second-order valence-corrected chi connectivity index (χ2v) is 8.94. The molecule has 0 saturated carbocycles. The van der Waals surface area contributed by atoms with E-state index in [1.54, 1.807) is 12.3 Å². The standard InChI is InChI=1S/C23H28N4O4/c24-21-20(22(29)26-17-3-6-19(9-28)31-10-17)7-16(8-25-21)15-1-4-18(5-2-15)27-11-23(12-27)13-30-14-23/h1-2,4-5,7-8,17,19,28H,3,6,9-14H2,(H2,24,25)(H,26,29)/t17-,19+/m1/s1. The van der Waals surface area contributed by atoms with E-state index in [9.17, 15) is 4.79 Å². The van der Waals surface area contributed by atoms with Gasteiger partial charge in [-0.2, -0.15) is 0 Å². The number of aliphatic hydroxyl groups is 1. The van der Waals surface area contributed by atoms with Crippen LogP contribution < -0.4 is 16.0 Å². The molecule has 0 unspecified atom stereocenters. The van der Waals surface area contributed by atoms with E-state index in [-0.39, 0.29) is 30.5 Å². The summed E-state index contributed by atoms with van der Waals surface area (Å²) in [5.74, 6) is -0.0514. The van der Waals surface area contributed by atoms with Crippen molar-refractivity contribution in [2.45, 2.75) is 25.0 Å². The van der Waals surface area contributed by atoms with Crippen LogP contribution in [0.15, 0.2) is 36.5 Å². The lowest BCUT2D eigenvalue weighted by atomic mass is 9.78. The Kier molecular flexibility index (Phi) is 5.29. The van der Waals surface area contributed by atoms with Crippen molar-refractivity contribution in [3.05, 3.63) is 42.1 Å². The number of aliphatic hydroxyl groups excluding tert-OH is 1. The minimum Gasteiger partial charge on any atom is -0.394 e. The fraction of sp³-hybridized carbons (Fsp3) is 0.478. The van der Waals surface area contributed by atoms with Gasteiger partial charge >= 0.3 is 0 Å². The van der Waals surface area contributed by atoms with Gasteiger partial charge in [0, 0.05) is 30.5 Å². The normalized spacial score (nSPS) is 24.4. The second kappa shape index (κ2) is 8.11. The summed E-state index contributed by atoms with van der Waals surface area (Å²) in [6.07, 6.45) is 3.03. The van der Waals surface area contributed by atoms with Crippen LogP contribution in [0.5, 0.6) is 0 Å². The SMILES string of the molecule is Nc1ncc(-c2ccc(N3CC4(COC4)C3)cc2)cc1C(=O)N[C@@H]1CC[C@@H](CO)OC1. The summed E-state index contributed by atoms with van der Waals surface area (Å²) in [6, 6.07) is 10.0. The first kappa shape index (κ1) is 20.2. The number of nitrogens with one attached hydrogen (secondary N) is 1. The molecule has 3 saturated heterocycles. The number of carbonyl (C=O) groups excluding carboxylic acids is 1.